The molecule has 0 aliphatic carbocycles. The third-order valence-electron chi connectivity index (χ3n) is 2.07. The van der Waals surface area contributed by atoms with E-state index in [-0.39, 0.29) is 0 Å². The Morgan fingerprint density at radius 3 is 2.38 bits per heavy atom. The maximum absolute atomic E-state index is 10.9. The maximum Gasteiger partial charge on any atom is 0.248 e. The highest BCUT2D eigenvalue weighted by Gasteiger charge is 2.02. The topological polar surface area (TPSA) is 52.3 Å². The van der Waals surface area contributed by atoms with Crippen LogP contribution in [0.2, 0.25) is 0 Å². The minimum absolute atomic E-state index is 0.432. The second-order valence-corrected chi connectivity index (χ2v) is 4.61. The second-order valence-electron chi connectivity index (χ2n) is 3.36. The number of primary amides is 1. The van der Waals surface area contributed by atoms with Gasteiger partial charge in [0.2, 0.25) is 5.91 Å². The van der Waals surface area contributed by atoms with Crippen LogP contribution in [-0.4, -0.2) is 5.91 Å². The molecule has 4 heteroatoms. The lowest BCUT2D eigenvalue weighted by molar-refractivity contribution is 0.100. The molecule has 1 aromatic carbocycles. The first-order valence-electron chi connectivity index (χ1n) is 4.79. The van der Waals surface area contributed by atoms with E-state index in [4.69, 9.17) is 10.5 Å². The highest BCUT2D eigenvalue weighted by atomic mass is 32.1. The number of rotatable bonds is 3. The zero-order valence-corrected chi connectivity index (χ0v) is 9.58. The second kappa shape index (κ2) is 4.37. The van der Waals surface area contributed by atoms with Crippen LogP contribution in [-0.2, 0) is 0 Å². The molecule has 0 aliphatic rings. The van der Waals surface area contributed by atoms with Gasteiger partial charge in [0.25, 0.3) is 0 Å². The van der Waals surface area contributed by atoms with E-state index in [0.29, 0.717) is 11.3 Å². The van der Waals surface area contributed by atoms with Crippen LogP contribution in [0.15, 0.2) is 36.4 Å². The van der Waals surface area contributed by atoms with E-state index < -0.39 is 5.91 Å². The summed E-state index contributed by atoms with van der Waals surface area (Å²) in [5.41, 5.74) is 5.62. The van der Waals surface area contributed by atoms with Crippen molar-refractivity contribution < 1.29 is 9.53 Å². The molecule has 0 saturated carbocycles. The predicted molar refractivity (Wildman–Crippen MR) is 64.1 cm³/mol. The van der Waals surface area contributed by atoms with Crippen molar-refractivity contribution in [3.63, 3.8) is 0 Å². The number of nitrogens with two attached hydrogens (primary N) is 1. The Morgan fingerprint density at radius 2 is 1.88 bits per heavy atom. The monoisotopic (exact) mass is 233 g/mol. The van der Waals surface area contributed by atoms with Gasteiger partial charge in [-0.3, -0.25) is 4.79 Å². The Labute approximate surface area is 97.5 Å². The van der Waals surface area contributed by atoms with Gasteiger partial charge in [-0.1, -0.05) is 0 Å². The van der Waals surface area contributed by atoms with Gasteiger partial charge in [0.1, 0.15) is 5.75 Å². The summed E-state index contributed by atoms with van der Waals surface area (Å²) in [6.45, 7) is 2.02. The summed E-state index contributed by atoms with van der Waals surface area (Å²) >= 11 is 1.58. The molecule has 0 bridgehead atoms. The van der Waals surface area contributed by atoms with Crippen LogP contribution in [0, 0.1) is 6.92 Å². The predicted octanol–water partition coefficient (Wildman–Crippen LogP) is 2.95. The van der Waals surface area contributed by atoms with E-state index in [1.165, 1.54) is 4.88 Å². The SMILES string of the molecule is Cc1ccc(Oc2ccc(C(N)=O)cc2)s1. The zero-order valence-electron chi connectivity index (χ0n) is 8.77. The van der Waals surface area contributed by atoms with Crippen molar-refractivity contribution in [1.82, 2.24) is 0 Å². The molecule has 1 amide bonds. The minimum atomic E-state index is -0.432. The van der Waals surface area contributed by atoms with E-state index in [2.05, 4.69) is 0 Å². The van der Waals surface area contributed by atoms with Crippen LogP contribution in [0.5, 0.6) is 10.8 Å². The quantitative estimate of drug-likeness (QED) is 0.886. The van der Waals surface area contributed by atoms with Gasteiger partial charge in [-0.15, -0.1) is 11.3 Å². The number of hydrogen-bond donors (Lipinski definition) is 1. The van der Waals surface area contributed by atoms with Crippen LogP contribution in [0.25, 0.3) is 0 Å². The van der Waals surface area contributed by atoms with Crippen LogP contribution in [0.3, 0.4) is 0 Å². The normalized spacial score (nSPS) is 10.1. The first-order chi connectivity index (χ1) is 7.65. The summed E-state index contributed by atoms with van der Waals surface area (Å²) < 4.78 is 5.60. The average molecular weight is 233 g/mol. The number of thiophene rings is 1. The van der Waals surface area contributed by atoms with Crippen molar-refractivity contribution >= 4 is 17.2 Å². The number of ether oxygens (including phenoxy) is 1. The third-order valence-corrected chi connectivity index (χ3v) is 2.95. The Balaban J connectivity index is 2.14. The van der Waals surface area contributed by atoms with Crippen LogP contribution in [0.1, 0.15) is 15.2 Å². The van der Waals surface area contributed by atoms with E-state index in [9.17, 15) is 4.79 Å². The van der Waals surface area contributed by atoms with Crippen molar-refractivity contribution in [3.05, 3.63) is 46.8 Å². The third kappa shape index (κ3) is 2.41. The fourth-order valence-electron chi connectivity index (χ4n) is 1.27. The lowest BCUT2D eigenvalue weighted by Gasteiger charge is -2.02. The minimum Gasteiger partial charge on any atom is -0.447 e. The Hall–Kier alpha value is -1.81. The van der Waals surface area contributed by atoms with Crippen LogP contribution in [0.4, 0.5) is 0 Å². The van der Waals surface area contributed by atoms with Gasteiger partial charge >= 0.3 is 0 Å². The number of aryl methyl sites for hydroxylation is 1. The molecule has 0 atom stereocenters. The highest BCUT2D eigenvalue weighted by molar-refractivity contribution is 7.13. The summed E-state index contributed by atoms with van der Waals surface area (Å²) in [5.74, 6) is 0.269. The van der Waals surface area contributed by atoms with Crippen LogP contribution >= 0.6 is 11.3 Å². The van der Waals surface area contributed by atoms with Gasteiger partial charge in [0.15, 0.2) is 5.06 Å². The Bertz CT molecular complexity index is 502. The number of carbonyl (C=O) groups excluding carboxylic acids is 1. The van der Waals surface area contributed by atoms with E-state index in [1.54, 1.807) is 35.6 Å². The molecule has 2 N–H and O–H groups in total. The molecule has 1 aromatic heterocycles. The average Bonchev–Trinajstić information content (AvgIpc) is 2.65. The molecule has 0 radical (unpaired) electrons. The molecule has 0 fully saturated rings. The van der Waals surface area contributed by atoms with Crippen LogP contribution < -0.4 is 10.5 Å². The molecule has 0 aliphatic heterocycles. The van der Waals surface area contributed by atoms with Gasteiger partial charge in [-0.05, 0) is 43.3 Å². The molecule has 82 valence electrons. The van der Waals surface area contributed by atoms with E-state index in [1.807, 2.05) is 19.1 Å². The largest absolute Gasteiger partial charge is 0.447 e. The van der Waals surface area contributed by atoms with Crippen molar-refractivity contribution in [2.45, 2.75) is 6.92 Å². The van der Waals surface area contributed by atoms with E-state index in [0.717, 1.165) is 5.06 Å². The standard InChI is InChI=1S/C12H11NO2S/c1-8-2-7-11(16-8)15-10-5-3-9(4-6-10)12(13)14/h2-7H,1H3,(H2,13,14). The fourth-order valence-corrected chi connectivity index (χ4v) is 2.00. The lowest BCUT2D eigenvalue weighted by atomic mass is 10.2. The van der Waals surface area contributed by atoms with Crippen molar-refractivity contribution in [2.24, 2.45) is 5.73 Å². The van der Waals surface area contributed by atoms with Gasteiger partial charge in [0, 0.05) is 10.4 Å². The van der Waals surface area contributed by atoms with Gasteiger partial charge in [0.05, 0.1) is 0 Å². The molecular weight excluding hydrogens is 222 g/mol. The summed E-state index contributed by atoms with van der Waals surface area (Å²) in [7, 11) is 0. The number of amides is 1. The fraction of sp³-hybridized carbons (Fsp3) is 0.0833. The van der Waals surface area contributed by atoms with Crippen molar-refractivity contribution in [2.75, 3.05) is 0 Å². The first kappa shape index (κ1) is 10.7. The van der Waals surface area contributed by atoms with Crippen molar-refractivity contribution in [1.29, 1.82) is 0 Å². The molecular formula is C12H11NO2S. The molecule has 16 heavy (non-hydrogen) atoms. The van der Waals surface area contributed by atoms with Gasteiger partial charge in [-0.25, -0.2) is 0 Å². The summed E-state index contributed by atoms with van der Waals surface area (Å²) in [6, 6.07) is 10.7. The Kier molecular flexibility index (Phi) is 2.92. The number of hydrogen-bond acceptors (Lipinski definition) is 3. The highest BCUT2D eigenvalue weighted by Crippen LogP contribution is 2.28. The molecule has 1 heterocycles. The maximum atomic E-state index is 10.9. The molecule has 2 aromatic rings. The number of benzene rings is 1. The van der Waals surface area contributed by atoms with Crippen molar-refractivity contribution in [3.8, 4) is 10.8 Å². The molecule has 0 saturated heterocycles. The van der Waals surface area contributed by atoms with Gasteiger partial charge < -0.3 is 10.5 Å². The summed E-state index contributed by atoms with van der Waals surface area (Å²) in [4.78, 5) is 12.1. The zero-order chi connectivity index (χ0) is 11.5. The summed E-state index contributed by atoms with van der Waals surface area (Å²) in [5, 5.41) is 0.837. The first-order valence-corrected chi connectivity index (χ1v) is 5.61. The van der Waals surface area contributed by atoms with E-state index >= 15 is 0 Å². The molecule has 3 nitrogen and oxygen atoms in total. The Morgan fingerprint density at radius 1 is 1.19 bits per heavy atom. The smallest absolute Gasteiger partial charge is 0.248 e. The molecule has 0 spiro atoms. The molecule has 0 unspecified atom stereocenters. The summed E-state index contributed by atoms with van der Waals surface area (Å²) in [6.07, 6.45) is 0. The lowest BCUT2D eigenvalue weighted by Crippen LogP contribution is -2.10. The van der Waals surface area contributed by atoms with Gasteiger partial charge in [-0.2, -0.15) is 0 Å². The number of carbonyl (C=O) groups is 1. The molecule has 2 rings (SSSR count).